The minimum Gasteiger partial charge on any atom is -0.495 e. The highest BCUT2D eigenvalue weighted by Crippen LogP contribution is 2.31. The molecule has 0 spiro atoms. The monoisotopic (exact) mass is 377 g/mol. The topological polar surface area (TPSA) is 64.6 Å². The molecule has 0 fully saturated rings. The Morgan fingerprint density at radius 1 is 1.12 bits per heavy atom. The number of aryl methyl sites for hydroxylation is 1. The lowest BCUT2D eigenvalue weighted by atomic mass is 10.2. The molecule has 0 aliphatic rings. The second kappa shape index (κ2) is 7.23. The zero-order valence-corrected chi connectivity index (χ0v) is 14.3. The number of halogens is 3. The smallest absolute Gasteiger partial charge is 0.387 e. The Morgan fingerprint density at radius 2 is 1.83 bits per heavy atom. The zero-order valence-electron chi connectivity index (χ0n) is 12.7. The summed E-state index contributed by atoms with van der Waals surface area (Å²) in [6, 6.07) is 8.16. The Morgan fingerprint density at radius 3 is 2.42 bits per heavy atom. The second-order valence-corrected chi connectivity index (χ2v) is 6.87. The van der Waals surface area contributed by atoms with Crippen LogP contribution in [0.4, 0.5) is 14.5 Å². The molecule has 2 aromatic rings. The summed E-state index contributed by atoms with van der Waals surface area (Å²) in [5.41, 5.74) is 1.14. The van der Waals surface area contributed by atoms with Crippen molar-refractivity contribution in [1.29, 1.82) is 0 Å². The van der Waals surface area contributed by atoms with Gasteiger partial charge in [-0.1, -0.05) is 17.7 Å². The van der Waals surface area contributed by atoms with Crippen molar-refractivity contribution in [2.24, 2.45) is 0 Å². The number of hydrogen-bond acceptors (Lipinski definition) is 4. The maximum absolute atomic E-state index is 12.4. The number of hydrogen-bond donors (Lipinski definition) is 1. The molecule has 24 heavy (non-hydrogen) atoms. The predicted octanol–water partition coefficient (Wildman–Crippen LogP) is 4.06. The molecule has 0 radical (unpaired) electrons. The molecule has 0 bridgehead atoms. The second-order valence-electron chi connectivity index (χ2n) is 4.78. The number of methoxy groups -OCH3 is 1. The number of ether oxygens (including phenoxy) is 2. The normalized spacial score (nSPS) is 11.4. The molecular formula is C15H14ClF2NO4S. The first-order chi connectivity index (χ1) is 11.2. The van der Waals surface area contributed by atoms with Gasteiger partial charge in [0, 0.05) is 0 Å². The molecule has 0 aliphatic carbocycles. The van der Waals surface area contributed by atoms with E-state index in [9.17, 15) is 17.2 Å². The standard InChI is InChI=1S/C15H14ClF2NO4S/c1-9-3-5-12(14(7-9)22-2)19-24(20,21)10-4-6-13(11(16)8-10)23-15(17)18/h3-8,15,19H,1-2H3. The van der Waals surface area contributed by atoms with Gasteiger partial charge in [-0.25, -0.2) is 8.42 Å². The van der Waals surface area contributed by atoms with Crippen LogP contribution in [-0.2, 0) is 10.0 Å². The van der Waals surface area contributed by atoms with E-state index in [2.05, 4.69) is 9.46 Å². The molecule has 0 atom stereocenters. The molecular weight excluding hydrogens is 364 g/mol. The van der Waals surface area contributed by atoms with Gasteiger partial charge in [-0.15, -0.1) is 0 Å². The Kier molecular flexibility index (Phi) is 5.51. The van der Waals surface area contributed by atoms with Crippen LogP contribution in [-0.4, -0.2) is 22.1 Å². The van der Waals surface area contributed by atoms with Gasteiger partial charge in [-0.3, -0.25) is 4.72 Å². The third-order valence-corrected chi connectivity index (χ3v) is 4.69. The number of nitrogens with one attached hydrogen (secondary N) is 1. The van der Waals surface area contributed by atoms with Crippen molar-refractivity contribution in [2.45, 2.75) is 18.4 Å². The molecule has 0 aromatic heterocycles. The molecule has 5 nitrogen and oxygen atoms in total. The van der Waals surface area contributed by atoms with Crippen LogP contribution in [0.25, 0.3) is 0 Å². The molecule has 130 valence electrons. The maximum Gasteiger partial charge on any atom is 0.387 e. The van der Waals surface area contributed by atoms with Crippen molar-refractivity contribution in [1.82, 2.24) is 0 Å². The van der Waals surface area contributed by atoms with E-state index >= 15 is 0 Å². The third kappa shape index (κ3) is 4.27. The van der Waals surface area contributed by atoms with E-state index in [4.69, 9.17) is 16.3 Å². The van der Waals surface area contributed by atoms with Crippen LogP contribution in [0.1, 0.15) is 5.56 Å². The highest BCUT2D eigenvalue weighted by Gasteiger charge is 2.19. The predicted molar refractivity (Wildman–Crippen MR) is 86.6 cm³/mol. The number of sulfonamides is 1. The molecule has 0 heterocycles. The summed E-state index contributed by atoms with van der Waals surface area (Å²) in [7, 11) is -2.57. The van der Waals surface area contributed by atoms with Gasteiger partial charge in [-0.05, 0) is 42.8 Å². The van der Waals surface area contributed by atoms with Crippen LogP contribution in [0.5, 0.6) is 11.5 Å². The van der Waals surface area contributed by atoms with E-state index in [1.54, 1.807) is 18.2 Å². The van der Waals surface area contributed by atoms with Crippen LogP contribution in [0.15, 0.2) is 41.3 Å². The molecule has 1 N–H and O–H groups in total. The summed E-state index contributed by atoms with van der Waals surface area (Å²) in [6.07, 6.45) is 0. The summed E-state index contributed by atoms with van der Waals surface area (Å²) >= 11 is 5.79. The fraction of sp³-hybridized carbons (Fsp3) is 0.200. The Labute approximate surface area is 143 Å². The summed E-state index contributed by atoms with van der Waals surface area (Å²) in [6.45, 7) is -1.22. The van der Waals surface area contributed by atoms with E-state index in [1.807, 2.05) is 6.92 Å². The Bertz CT molecular complexity index is 843. The van der Waals surface area contributed by atoms with Crippen LogP contribution in [0.2, 0.25) is 5.02 Å². The fourth-order valence-electron chi connectivity index (χ4n) is 1.93. The van der Waals surface area contributed by atoms with Crippen molar-refractivity contribution >= 4 is 27.3 Å². The first kappa shape index (κ1) is 18.3. The van der Waals surface area contributed by atoms with Gasteiger partial charge in [0.1, 0.15) is 11.5 Å². The largest absolute Gasteiger partial charge is 0.495 e. The number of benzene rings is 2. The van der Waals surface area contributed by atoms with Crippen LogP contribution < -0.4 is 14.2 Å². The molecule has 0 saturated carbocycles. The van der Waals surface area contributed by atoms with Crippen molar-refractivity contribution in [3.63, 3.8) is 0 Å². The third-order valence-electron chi connectivity index (χ3n) is 3.03. The van der Waals surface area contributed by atoms with Gasteiger partial charge in [0.2, 0.25) is 0 Å². The Hall–Kier alpha value is -2.06. The zero-order chi connectivity index (χ0) is 17.9. The van der Waals surface area contributed by atoms with Gasteiger partial charge >= 0.3 is 6.61 Å². The van der Waals surface area contributed by atoms with Crippen LogP contribution in [0.3, 0.4) is 0 Å². The van der Waals surface area contributed by atoms with Gasteiger partial charge < -0.3 is 9.47 Å². The lowest BCUT2D eigenvalue weighted by Gasteiger charge is -2.13. The summed E-state index contributed by atoms with van der Waals surface area (Å²) < 4.78 is 61.0. The molecule has 2 rings (SSSR count). The molecule has 0 amide bonds. The minimum atomic E-state index is -3.98. The highest BCUT2D eigenvalue weighted by molar-refractivity contribution is 7.92. The van der Waals surface area contributed by atoms with E-state index in [0.717, 1.165) is 23.8 Å². The first-order valence-electron chi connectivity index (χ1n) is 6.65. The van der Waals surface area contributed by atoms with Gasteiger partial charge in [0.15, 0.2) is 0 Å². The SMILES string of the molecule is COc1cc(C)ccc1NS(=O)(=O)c1ccc(OC(F)F)c(Cl)c1. The fourth-order valence-corrected chi connectivity index (χ4v) is 3.31. The number of alkyl halides is 2. The summed E-state index contributed by atoms with van der Waals surface area (Å²) in [4.78, 5) is -0.197. The maximum atomic E-state index is 12.4. The molecule has 9 heteroatoms. The molecule has 0 saturated heterocycles. The average molecular weight is 378 g/mol. The lowest BCUT2D eigenvalue weighted by Crippen LogP contribution is -2.14. The average Bonchev–Trinajstić information content (AvgIpc) is 2.50. The number of rotatable bonds is 6. The molecule has 0 aliphatic heterocycles. The van der Waals surface area contributed by atoms with Crippen molar-refractivity contribution in [2.75, 3.05) is 11.8 Å². The van der Waals surface area contributed by atoms with E-state index in [-0.39, 0.29) is 21.4 Å². The lowest BCUT2D eigenvalue weighted by molar-refractivity contribution is -0.0498. The number of anilines is 1. The first-order valence-corrected chi connectivity index (χ1v) is 8.51. The van der Waals surface area contributed by atoms with Gasteiger partial charge in [-0.2, -0.15) is 8.78 Å². The van der Waals surface area contributed by atoms with Crippen molar-refractivity contribution in [3.8, 4) is 11.5 Å². The summed E-state index contributed by atoms with van der Waals surface area (Å²) in [5.74, 6) is 0.0425. The van der Waals surface area contributed by atoms with Gasteiger partial charge in [0.05, 0.1) is 22.7 Å². The highest BCUT2D eigenvalue weighted by atomic mass is 35.5. The van der Waals surface area contributed by atoms with Gasteiger partial charge in [0.25, 0.3) is 10.0 Å². The quantitative estimate of drug-likeness (QED) is 0.824. The van der Waals surface area contributed by atoms with E-state index in [1.165, 1.54) is 7.11 Å². The van der Waals surface area contributed by atoms with Crippen molar-refractivity contribution < 1.29 is 26.7 Å². The minimum absolute atomic E-state index is 0.197. The van der Waals surface area contributed by atoms with E-state index < -0.39 is 16.6 Å². The van der Waals surface area contributed by atoms with Crippen LogP contribution >= 0.6 is 11.6 Å². The molecule has 2 aromatic carbocycles. The summed E-state index contributed by atoms with van der Waals surface area (Å²) in [5, 5.41) is -0.242. The Balaban J connectivity index is 2.33. The van der Waals surface area contributed by atoms with Crippen molar-refractivity contribution in [3.05, 3.63) is 47.0 Å². The van der Waals surface area contributed by atoms with Crippen LogP contribution in [0, 0.1) is 6.92 Å². The molecule has 0 unspecified atom stereocenters. The van der Waals surface area contributed by atoms with E-state index in [0.29, 0.717) is 5.75 Å².